The quantitative estimate of drug-likeness (QED) is 0.815. The molecule has 0 saturated carbocycles. The van der Waals surface area contributed by atoms with Crippen LogP contribution in [0.25, 0.3) is 0 Å². The molecule has 0 aliphatic rings. The number of alkyl halides is 2. The number of rotatable bonds is 5. The zero-order valence-corrected chi connectivity index (χ0v) is 10.1. The Morgan fingerprint density at radius 2 is 2.22 bits per heavy atom. The number of hydrogen-bond donors (Lipinski definition) is 1. The number of esters is 1. The Labute approximate surface area is 103 Å². The van der Waals surface area contributed by atoms with E-state index in [2.05, 4.69) is 4.98 Å². The van der Waals surface area contributed by atoms with Crippen LogP contribution in [0.15, 0.2) is 6.20 Å². The van der Waals surface area contributed by atoms with Crippen LogP contribution in [0.1, 0.15) is 35.0 Å². The van der Waals surface area contributed by atoms with Gasteiger partial charge in [0.05, 0.1) is 36.7 Å². The van der Waals surface area contributed by atoms with E-state index in [-0.39, 0.29) is 30.2 Å². The molecule has 0 spiro atoms. The summed E-state index contributed by atoms with van der Waals surface area (Å²) in [5.74, 6) is -1.04. The lowest BCUT2D eigenvalue weighted by Gasteiger charge is -2.14. The first-order chi connectivity index (χ1) is 8.56. The van der Waals surface area contributed by atoms with Crippen molar-refractivity contribution in [2.24, 2.45) is 5.73 Å². The molecule has 5 nitrogen and oxygen atoms in total. The van der Waals surface area contributed by atoms with Gasteiger partial charge in [-0.2, -0.15) is 0 Å². The minimum atomic E-state index is -2.88. The number of hydrogen-bond acceptors (Lipinski definition) is 5. The highest BCUT2D eigenvalue weighted by atomic mass is 19.3. The first kappa shape index (κ1) is 14.3. The molecule has 7 heteroatoms. The zero-order chi connectivity index (χ0) is 13.7. The molecule has 1 rings (SSSR count). The third-order valence-corrected chi connectivity index (χ3v) is 2.27. The largest absolute Gasteiger partial charge is 0.495 e. The summed E-state index contributed by atoms with van der Waals surface area (Å²) in [5, 5.41) is 0. The number of aromatic nitrogens is 1. The number of halogens is 2. The van der Waals surface area contributed by atoms with Crippen molar-refractivity contribution < 1.29 is 23.0 Å². The first-order valence-electron chi connectivity index (χ1n) is 5.27. The Morgan fingerprint density at radius 1 is 1.56 bits per heavy atom. The molecule has 1 aromatic rings. The molecule has 0 aliphatic heterocycles. The van der Waals surface area contributed by atoms with E-state index in [0.717, 1.165) is 6.20 Å². The fourth-order valence-electron chi connectivity index (χ4n) is 1.51. The van der Waals surface area contributed by atoms with Crippen molar-refractivity contribution in [2.75, 3.05) is 13.7 Å². The van der Waals surface area contributed by atoms with E-state index in [1.54, 1.807) is 6.92 Å². The third kappa shape index (κ3) is 2.73. The van der Waals surface area contributed by atoms with Gasteiger partial charge in [0.1, 0.15) is 5.75 Å². The molecule has 0 aromatic carbocycles. The van der Waals surface area contributed by atoms with Gasteiger partial charge >= 0.3 is 5.97 Å². The van der Waals surface area contributed by atoms with E-state index < -0.39 is 18.0 Å². The van der Waals surface area contributed by atoms with Gasteiger partial charge in [0.2, 0.25) is 0 Å². The summed E-state index contributed by atoms with van der Waals surface area (Å²) in [6.07, 6.45) is -1.76. The van der Waals surface area contributed by atoms with Crippen LogP contribution in [-0.2, 0) is 11.3 Å². The summed E-state index contributed by atoms with van der Waals surface area (Å²) in [6, 6.07) is 0. The van der Waals surface area contributed by atoms with Gasteiger partial charge in [0, 0.05) is 6.54 Å². The number of carbonyl (C=O) groups excluding carboxylic acids is 1. The summed E-state index contributed by atoms with van der Waals surface area (Å²) in [5.41, 5.74) is 4.60. The Hall–Kier alpha value is -1.76. The van der Waals surface area contributed by atoms with Gasteiger partial charge in [-0.25, -0.2) is 13.6 Å². The second kappa shape index (κ2) is 6.25. The van der Waals surface area contributed by atoms with Crippen LogP contribution in [0.5, 0.6) is 5.75 Å². The molecule has 100 valence electrons. The van der Waals surface area contributed by atoms with Crippen molar-refractivity contribution in [3.05, 3.63) is 23.0 Å². The molecular formula is C11H14F2N2O3. The van der Waals surface area contributed by atoms with Crippen LogP contribution < -0.4 is 10.5 Å². The fraction of sp³-hybridized carbons (Fsp3) is 0.455. The molecule has 0 amide bonds. The molecule has 1 aromatic heterocycles. The molecule has 0 radical (unpaired) electrons. The SMILES string of the molecule is CCOC(=O)c1c(CN)ncc(OC)c1C(F)F. The average molecular weight is 260 g/mol. The highest BCUT2D eigenvalue weighted by molar-refractivity contribution is 5.93. The zero-order valence-electron chi connectivity index (χ0n) is 10.1. The maximum atomic E-state index is 13.0. The topological polar surface area (TPSA) is 74.4 Å². The van der Waals surface area contributed by atoms with Crippen molar-refractivity contribution in [1.82, 2.24) is 4.98 Å². The van der Waals surface area contributed by atoms with Gasteiger partial charge in [0.15, 0.2) is 0 Å². The lowest BCUT2D eigenvalue weighted by Crippen LogP contribution is -2.16. The Morgan fingerprint density at radius 3 is 2.67 bits per heavy atom. The maximum absolute atomic E-state index is 13.0. The molecular weight excluding hydrogens is 246 g/mol. The molecule has 0 fully saturated rings. The van der Waals surface area contributed by atoms with E-state index in [1.807, 2.05) is 0 Å². The number of nitrogens with two attached hydrogens (primary N) is 1. The molecule has 0 saturated heterocycles. The van der Waals surface area contributed by atoms with Crippen molar-refractivity contribution >= 4 is 5.97 Å². The fourth-order valence-corrected chi connectivity index (χ4v) is 1.51. The lowest BCUT2D eigenvalue weighted by molar-refractivity contribution is 0.0511. The number of nitrogens with zero attached hydrogens (tertiary/aromatic N) is 1. The molecule has 0 aliphatic carbocycles. The molecule has 0 unspecified atom stereocenters. The van der Waals surface area contributed by atoms with Crippen LogP contribution in [0.2, 0.25) is 0 Å². The van der Waals surface area contributed by atoms with Crippen molar-refractivity contribution in [3.63, 3.8) is 0 Å². The summed E-state index contributed by atoms with van der Waals surface area (Å²) in [4.78, 5) is 15.5. The number of carbonyl (C=O) groups is 1. The van der Waals surface area contributed by atoms with Crippen molar-refractivity contribution in [2.45, 2.75) is 19.9 Å². The first-order valence-corrected chi connectivity index (χ1v) is 5.27. The summed E-state index contributed by atoms with van der Waals surface area (Å²) in [7, 11) is 1.22. The number of pyridine rings is 1. The molecule has 0 bridgehead atoms. The standard InChI is InChI=1S/C11H14F2N2O3/c1-3-18-11(16)8-6(4-14)15-5-7(17-2)9(8)10(12)13/h5,10H,3-4,14H2,1-2H3. The smallest absolute Gasteiger partial charge is 0.340 e. The Bertz CT molecular complexity index is 439. The van der Waals surface area contributed by atoms with Crippen LogP contribution in [0.4, 0.5) is 8.78 Å². The van der Waals surface area contributed by atoms with Crippen molar-refractivity contribution in [3.8, 4) is 5.75 Å². The summed E-state index contributed by atoms with van der Waals surface area (Å²) < 4.78 is 35.6. The van der Waals surface area contributed by atoms with Crippen LogP contribution in [-0.4, -0.2) is 24.7 Å². The maximum Gasteiger partial charge on any atom is 0.340 e. The number of ether oxygens (including phenoxy) is 2. The van der Waals surface area contributed by atoms with Gasteiger partial charge in [-0.15, -0.1) is 0 Å². The highest BCUT2D eigenvalue weighted by Gasteiger charge is 2.27. The average Bonchev–Trinajstić information content (AvgIpc) is 2.36. The van der Waals surface area contributed by atoms with Crippen LogP contribution in [0.3, 0.4) is 0 Å². The Kier molecular flexibility index (Phi) is 4.96. The van der Waals surface area contributed by atoms with E-state index in [4.69, 9.17) is 15.2 Å². The lowest BCUT2D eigenvalue weighted by atomic mass is 10.1. The number of methoxy groups -OCH3 is 1. The minimum Gasteiger partial charge on any atom is -0.495 e. The summed E-state index contributed by atoms with van der Waals surface area (Å²) in [6.45, 7) is 1.51. The molecule has 18 heavy (non-hydrogen) atoms. The molecule has 0 atom stereocenters. The molecule has 2 N–H and O–H groups in total. The van der Waals surface area contributed by atoms with Gasteiger partial charge in [0.25, 0.3) is 6.43 Å². The van der Waals surface area contributed by atoms with Gasteiger partial charge in [-0.05, 0) is 6.92 Å². The summed E-state index contributed by atoms with van der Waals surface area (Å²) >= 11 is 0. The minimum absolute atomic E-state index is 0.0598. The van der Waals surface area contributed by atoms with Gasteiger partial charge in [-0.1, -0.05) is 0 Å². The van der Waals surface area contributed by atoms with E-state index in [0.29, 0.717) is 0 Å². The monoisotopic (exact) mass is 260 g/mol. The van der Waals surface area contributed by atoms with E-state index >= 15 is 0 Å². The van der Waals surface area contributed by atoms with Crippen molar-refractivity contribution in [1.29, 1.82) is 0 Å². The second-order valence-electron chi connectivity index (χ2n) is 3.29. The second-order valence-corrected chi connectivity index (χ2v) is 3.29. The van der Waals surface area contributed by atoms with Gasteiger partial charge < -0.3 is 15.2 Å². The Balaban J connectivity index is 3.45. The van der Waals surface area contributed by atoms with E-state index in [1.165, 1.54) is 7.11 Å². The third-order valence-electron chi connectivity index (χ3n) is 2.27. The predicted molar refractivity (Wildman–Crippen MR) is 59.6 cm³/mol. The van der Waals surface area contributed by atoms with Crippen LogP contribution >= 0.6 is 0 Å². The highest BCUT2D eigenvalue weighted by Crippen LogP contribution is 2.33. The van der Waals surface area contributed by atoms with Crippen LogP contribution in [0, 0.1) is 0 Å². The van der Waals surface area contributed by atoms with Gasteiger partial charge in [-0.3, -0.25) is 4.98 Å². The predicted octanol–water partition coefficient (Wildman–Crippen LogP) is 1.66. The normalized spacial score (nSPS) is 10.6. The van der Waals surface area contributed by atoms with E-state index in [9.17, 15) is 13.6 Å². The molecule has 1 heterocycles.